The minimum absolute atomic E-state index is 0.0225. The van der Waals surface area contributed by atoms with Gasteiger partial charge in [0.2, 0.25) is 0 Å². The van der Waals surface area contributed by atoms with Gasteiger partial charge in [0, 0.05) is 0 Å². The number of esters is 2. The molecule has 2 rings (SSSR count). The molecule has 0 bridgehead atoms. The lowest BCUT2D eigenvalue weighted by Crippen LogP contribution is -2.55. The zero-order chi connectivity index (χ0) is 20.2. The van der Waals surface area contributed by atoms with Crippen molar-refractivity contribution in [3.8, 4) is 11.5 Å². The minimum Gasteiger partial charge on any atom is -0.460 e. The molecule has 10 heteroatoms. The van der Waals surface area contributed by atoms with E-state index in [-0.39, 0.29) is 31.1 Å². The number of carbonyl (C=O) groups is 2. The molecule has 9 nitrogen and oxygen atoms in total. The van der Waals surface area contributed by atoms with Crippen LogP contribution in [0.4, 0.5) is 0 Å². The lowest BCUT2D eigenvalue weighted by Gasteiger charge is -2.22. The van der Waals surface area contributed by atoms with E-state index in [9.17, 15) is 18.0 Å². The summed E-state index contributed by atoms with van der Waals surface area (Å²) in [7, 11) is -3.59. The van der Waals surface area contributed by atoms with E-state index in [1.807, 2.05) is 0 Å². The molecule has 27 heavy (non-hydrogen) atoms. The average Bonchev–Trinajstić information content (AvgIpc) is 2.93. The van der Waals surface area contributed by atoms with Crippen molar-refractivity contribution in [2.45, 2.75) is 39.1 Å². The van der Waals surface area contributed by atoms with Gasteiger partial charge in [0.15, 0.2) is 11.5 Å². The molecule has 0 amide bonds. The van der Waals surface area contributed by atoms with Crippen molar-refractivity contribution < 1.29 is 41.1 Å². The number of carbonyl (C=O) groups excluding carboxylic acids is 2. The molecule has 0 spiro atoms. The molecule has 0 N–H and O–H groups in total. The molecule has 0 saturated carbocycles. The van der Waals surface area contributed by atoms with Crippen LogP contribution in [0, 0.1) is 0 Å². The maximum atomic E-state index is 12.3. The van der Waals surface area contributed by atoms with Crippen LogP contribution in [-0.4, -0.2) is 51.7 Å². The van der Waals surface area contributed by atoms with Crippen LogP contribution >= 0.6 is 0 Å². The van der Waals surface area contributed by atoms with E-state index >= 15 is 0 Å². The Morgan fingerprint density at radius 1 is 1.07 bits per heavy atom. The minimum atomic E-state index is -3.59. The Balaban J connectivity index is 2.25. The second-order valence-electron chi connectivity index (χ2n) is 5.86. The predicted octanol–water partition coefficient (Wildman–Crippen LogP) is 1.19. The van der Waals surface area contributed by atoms with Gasteiger partial charge in [-0.3, -0.25) is 4.18 Å². The monoisotopic (exact) mass is 402 g/mol. The highest BCUT2D eigenvalue weighted by Gasteiger charge is 2.59. The Morgan fingerprint density at radius 3 is 2.15 bits per heavy atom. The van der Waals surface area contributed by atoms with Crippen LogP contribution in [0.25, 0.3) is 0 Å². The molecule has 1 atom stereocenters. The van der Waals surface area contributed by atoms with E-state index < -0.39 is 33.9 Å². The van der Waals surface area contributed by atoms with Crippen molar-refractivity contribution in [2.24, 2.45) is 0 Å². The van der Waals surface area contributed by atoms with Gasteiger partial charge in [0.05, 0.1) is 25.6 Å². The summed E-state index contributed by atoms with van der Waals surface area (Å²) in [5.74, 6) is -4.09. The molecule has 1 heterocycles. The predicted molar refractivity (Wildman–Crippen MR) is 92.8 cm³/mol. The molecule has 0 radical (unpaired) electrons. The molecule has 1 aliphatic rings. The van der Waals surface area contributed by atoms with Crippen LogP contribution in [0.2, 0.25) is 0 Å². The maximum Gasteiger partial charge on any atom is 0.453 e. The van der Waals surface area contributed by atoms with Crippen LogP contribution in [0.3, 0.4) is 0 Å². The second-order valence-corrected chi connectivity index (χ2v) is 7.46. The molecule has 150 valence electrons. The second kappa shape index (κ2) is 8.13. The first-order chi connectivity index (χ1) is 12.6. The van der Waals surface area contributed by atoms with Gasteiger partial charge in [-0.1, -0.05) is 6.07 Å². The summed E-state index contributed by atoms with van der Waals surface area (Å²) in [6, 6.07) is 4.70. The third kappa shape index (κ3) is 4.89. The Morgan fingerprint density at radius 2 is 1.63 bits per heavy atom. The number of rotatable bonds is 8. The number of hydrogen-bond donors (Lipinski definition) is 0. The number of ether oxygens (including phenoxy) is 4. The molecular formula is C17H22O9S. The highest BCUT2D eigenvalue weighted by molar-refractivity contribution is 7.86. The van der Waals surface area contributed by atoms with Gasteiger partial charge < -0.3 is 18.9 Å². The molecule has 0 unspecified atom stereocenters. The largest absolute Gasteiger partial charge is 0.460 e. The van der Waals surface area contributed by atoms with Crippen molar-refractivity contribution in [3.63, 3.8) is 0 Å². The molecule has 0 fully saturated rings. The van der Waals surface area contributed by atoms with Crippen molar-refractivity contribution >= 4 is 22.1 Å². The third-order valence-corrected chi connectivity index (χ3v) is 4.14. The molecule has 0 aliphatic carbocycles. The summed E-state index contributed by atoms with van der Waals surface area (Å²) in [6.07, 6.45) is 0.617. The van der Waals surface area contributed by atoms with E-state index in [0.29, 0.717) is 5.56 Å². The fourth-order valence-electron chi connectivity index (χ4n) is 2.54. The van der Waals surface area contributed by atoms with Crippen molar-refractivity contribution in [1.29, 1.82) is 0 Å². The van der Waals surface area contributed by atoms with Gasteiger partial charge >= 0.3 is 17.7 Å². The van der Waals surface area contributed by atoms with Gasteiger partial charge in [-0.15, -0.1) is 0 Å². The highest BCUT2D eigenvalue weighted by Crippen LogP contribution is 2.41. The van der Waals surface area contributed by atoms with Gasteiger partial charge in [0.25, 0.3) is 10.1 Å². The van der Waals surface area contributed by atoms with Gasteiger partial charge in [0.1, 0.15) is 0 Å². The fraction of sp³-hybridized carbons (Fsp3) is 0.529. The van der Waals surface area contributed by atoms with Crippen LogP contribution in [-0.2, 0) is 39.8 Å². The van der Waals surface area contributed by atoms with Crippen LogP contribution in [0.1, 0.15) is 26.3 Å². The van der Waals surface area contributed by atoms with Crippen LogP contribution < -0.4 is 9.47 Å². The summed E-state index contributed by atoms with van der Waals surface area (Å²) in [4.78, 5) is 24.6. The molecule has 0 saturated heterocycles. The summed E-state index contributed by atoms with van der Waals surface area (Å²) in [6.45, 7) is 4.82. The third-order valence-electron chi connectivity index (χ3n) is 3.47. The van der Waals surface area contributed by atoms with Crippen molar-refractivity contribution in [2.75, 3.05) is 19.5 Å². The summed E-state index contributed by atoms with van der Waals surface area (Å²) in [5.41, 5.74) is 0.664. The quantitative estimate of drug-likeness (QED) is 0.359. The fourth-order valence-corrected chi connectivity index (χ4v) is 3.21. The smallest absolute Gasteiger partial charge is 0.453 e. The van der Waals surface area contributed by atoms with E-state index in [2.05, 4.69) is 0 Å². The number of benzene rings is 1. The lowest BCUT2D eigenvalue weighted by atomic mass is 10.1. The van der Waals surface area contributed by atoms with Crippen molar-refractivity contribution in [1.82, 2.24) is 0 Å². The first-order valence-electron chi connectivity index (χ1n) is 8.35. The van der Waals surface area contributed by atoms with E-state index in [1.165, 1.54) is 12.1 Å². The summed E-state index contributed by atoms with van der Waals surface area (Å²) < 4.78 is 48.1. The van der Waals surface area contributed by atoms with Crippen LogP contribution in [0.15, 0.2) is 18.2 Å². The van der Waals surface area contributed by atoms with Gasteiger partial charge in [-0.2, -0.15) is 8.42 Å². The zero-order valence-electron chi connectivity index (χ0n) is 15.5. The maximum absolute atomic E-state index is 12.3. The van der Waals surface area contributed by atoms with E-state index in [0.717, 1.165) is 6.26 Å². The average molecular weight is 402 g/mol. The molecule has 1 aromatic rings. The van der Waals surface area contributed by atoms with Gasteiger partial charge in [-0.25, -0.2) is 9.59 Å². The molecule has 1 aromatic carbocycles. The Kier molecular flexibility index (Phi) is 6.32. The number of fused-ring (bicyclic) bond motifs is 1. The van der Waals surface area contributed by atoms with Gasteiger partial charge in [-0.05, 0) is 44.9 Å². The zero-order valence-corrected chi connectivity index (χ0v) is 16.3. The Bertz CT molecular complexity index is 798. The van der Waals surface area contributed by atoms with Crippen molar-refractivity contribution in [3.05, 3.63) is 23.8 Å². The highest BCUT2D eigenvalue weighted by atomic mass is 32.2. The normalized spacial score (nSPS) is 15.9. The first kappa shape index (κ1) is 21.0. The topological polar surface area (TPSA) is 114 Å². The summed E-state index contributed by atoms with van der Waals surface area (Å²) >= 11 is 0. The molecular weight excluding hydrogens is 380 g/mol. The Hall–Kier alpha value is -2.33. The lowest BCUT2D eigenvalue weighted by molar-refractivity contribution is -0.202. The Labute approximate surface area is 157 Å². The standard InChI is InChI=1S/C17H22O9S/c1-5-22-15(18)17(16(19)23-6-2)24-13-8-7-12(10-14(13)25-17)9-11(3)26-27(4,20)21/h7-8,10-11H,5-6,9H2,1-4H3/t11-/m0/s1. The number of hydrogen-bond acceptors (Lipinski definition) is 9. The van der Waals surface area contributed by atoms with E-state index in [4.69, 9.17) is 23.1 Å². The molecule has 1 aliphatic heterocycles. The van der Waals surface area contributed by atoms with Crippen LogP contribution in [0.5, 0.6) is 11.5 Å². The van der Waals surface area contributed by atoms with E-state index in [1.54, 1.807) is 26.8 Å². The summed E-state index contributed by atoms with van der Waals surface area (Å²) in [5, 5.41) is 0. The first-order valence-corrected chi connectivity index (χ1v) is 10.2. The molecule has 0 aromatic heterocycles. The SMILES string of the molecule is CCOC(=O)C1(C(=O)OCC)Oc2ccc(C[C@H](C)OS(C)(=O)=O)cc2O1.